The Balaban J connectivity index is 1.72. The molecule has 4 nitrogen and oxygen atoms in total. The molecule has 0 atom stereocenters. The number of hydrogen-bond acceptors (Lipinski definition) is 3. The van der Waals surface area contributed by atoms with E-state index in [0.29, 0.717) is 32.8 Å². The number of rotatable bonds is 3. The van der Waals surface area contributed by atoms with Gasteiger partial charge < -0.3 is 14.2 Å². The van der Waals surface area contributed by atoms with Gasteiger partial charge in [0.05, 0.1) is 23.4 Å². The zero-order chi connectivity index (χ0) is 16.5. The number of ether oxygens (including phenoxy) is 1. The average molecular weight is 340 g/mol. The van der Waals surface area contributed by atoms with E-state index in [9.17, 15) is 4.79 Å². The minimum absolute atomic E-state index is 0.106. The molecule has 3 heterocycles. The lowest BCUT2D eigenvalue weighted by Gasteiger charge is -2.27. The lowest BCUT2D eigenvalue weighted by atomic mass is 10.1. The Labute approximate surface area is 145 Å². The summed E-state index contributed by atoms with van der Waals surface area (Å²) in [6, 6.07) is 12.6. The van der Waals surface area contributed by atoms with Crippen LogP contribution in [0, 0.1) is 6.92 Å². The molecule has 0 bridgehead atoms. The molecule has 0 saturated carbocycles. The van der Waals surface area contributed by atoms with Crippen molar-refractivity contribution in [3.05, 3.63) is 58.6 Å². The summed E-state index contributed by atoms with van der Waals surface area (Å²) < 4.78 is 8.69. The first-order valence-corrected chi connectivity index (χ1v) is 9.09. The highest BCUT2D eigenvalue weighted by Crippen LogP contribution is 2.27. The van der Waals surface area contributed by atoms with Crippen molar-refractivity contribution in [1.82, 2.24) is 9.47 Å². The third kappa shape index (κ3) is 2.85. The van der Waals surface area contributed by atoms with Gasteiger partial charge in [0.2, 0.25) is 0 Å². The predicted octanol–water partition coefficient (Wildman–Crippen LogP) is 3.53. The van der Waals surface area contributed by atoms with Crippen LogP contribution < -0.4 is 0 Å². The van der Waals surface area contributed by atoms with Gasteiger partial charge in [-0.25, -0.2) is 0 Å². The number of amides is 1. The predicted molar refractivity (Wildman–Crippen MR) is 96.8 cm³/mol. The Morgan fingerprint density at radius 3 is 2.83 bits per heavy atom. The summed E-state index contributed by atoms with van der Waals surface area (Å²) in [5.41, 5.74) is 4.37. The van der Waals surface area contributed by atoms with Crippen LogP contribution in [0.1, 0.15) is 21.6 Å². The van der Waals surface area contributed by atoms with Crippen LogP contribution in [0.4, 0.5) is 0 Å². The van der Waals surface area contributed by atoms with Gasteiger partial charge in [-0.3, -0.25) is 4.79 Å². The molecule has 4 rings (SSSR count). The second-order valence-electron chi connectivity index (χ2n) is 6.18. The quantitative estimate of drug-likeness (QED) is 0.731. The largest absolute Gasteiger partial charge is 0.378 e. The van der Waals surface area contributed by atoms with E-state index in [1.807, 2.05) is 11.0 Å². The first-order chi connectivity index (χ1) is 11.7. The second-order valence-corrected chi connectivity index (χ2v) is 7.13. The van der Waals surface area contributed by atoms with Gasteiger partial charge in [-0.1, -0.05) is 29.8 Å². The molecule has 124 valence electrons. The van der Waals surface area contributed by atoms with Crippen molar-refractivity contribution in [2.75, 3.05) is 26.3 Å². The summed E-state index contributed by atoms with van der Waals surface area (Å²) in [7, 11) is 0. The maximum absolute atomic E-state index is 13.0. The lowest BCUT2D eigenvalue weighted by Crippen LogP contribution is -2.41. The van der Waals surface area contributed by atoms with Gasteiger partial charge in [0.25, 0.3) is 5.91 Å². The van der Waals surface area contributed by atoms with Gasteiger partial charge in [-0.15, -0.1) is 11.3 Å². The molecule has 1 saturated heterocycles. The van der Waals surface area contributed by atoms with Crippen LogP contribution in [0.15, 0.2) is 41.8 Å². The van der Waals surface area contributed by atoms with E-state index in [1.165, 1.54) is 15.8 Å². The third-order valence-corrected chi connectivity index (χ3v) is 5.32. The van der Waals surface area contributed by atoms with Crippen LogP contribution in [0.2, 0.25) is 0 Å². The van der Waals surface area contributed by atoms with Crippen molar-refractivity contribution in [3.63, 3.8) is 0 Å². The molecule has 1 aromatic carbocycles. The summed E-state index contributed by atoms with van der Waals surface area (Å²) in [6.45, 7) is 5.40. The zero-order valence-electron chi connectivity index (χ0n) is 13.7. The minimum atomic E-state index is 0.106. The molecule has 24 heavy (non-hydrogen) atoms. The highest BCUT2D eigenvalue weighted by atomic mass is 32.1. The lowest BCUT2D eigenvalue weighted by molar-refractivity contribution is 0.0296. The minimum Gasteiger partial charge on any atom is -0.378 e. The van der Waals surface area contributed by atoms with Gasteiger partial charge >= 0.3 is 0 Å². The summed E-state index contributed by atoms with van der Waals surface area (Å²) >= 11 is 1.68. The molecule has 0 unspecified atom stereocenters. The molecule has 1 amide bonds. The number of thiophene rings is 1. The fraction of sp³-hybridized carbons (Fsp3) is 0.316. The standard InChI is InChI=1S/C19H20N2O2S/c1-14-3-2-4-15(11-14)13-21-16-5-10-24-18(16)12-17(21)19(22)20-6-8-23-9-7-20/h2-5,10-12H,6-9,13H2,1H3. The normalized spacial score (nSPS) is 15.1. The summed E-state index contributed by atoms with van der Waals surface area (Å²) in [5.74, 6) is 0.106. The monoisotopic (exact) mass is 340 g/mol. The number of aryl methyl sites for hydroxylation is 1. The molecule has 0 N–H and O–H groups in total. The number of carbonyl (C=O) groups is 1. The van der Waals surface area contributed by atoms with E-state index in [4.69, 9.17) is 4.74 Å². The second kappa shape index (κ2) is 6.42. The molecule has 1 aliphatic heterocycles. The Hall–Kier alpha value is -2.11. The van der Waals surface area contributed by atoms with Crippen LogP contribution in [0.25, 0.3) is 10.2 Å². The van der Waals surface area contributed by atoms with Crippen molar-refractivity contribution in [2.45, 2.75) is 13.5 Å². The highest BCUT2D eigenvalue weighted by molar-refractivity contribution is 7.17. The molecule has 0 aliphatic carbocycles. The smallest absolute Gasteiger partial charge is 0.270 e. The summed E-state index contributed by atoms with van der Waals surface area (Å²) in [6.07, 6.45) is 0. The van der Waals surface area contributed by atoms with Crippen LogP contribution in [-0.4, -0.2) is 41.7 Å². The first-order valence-electron chi connectivity index (χ1n) is 8.22. The molecule has 3 aromatic rings. The van der Waals surface area contributed by atoms with Crippen LogP contribution in [-0.2, 0) is 11.3 Å². The molecule has 5 heteroatoms. The molecule has 0 spiro atoms. The summed E-state index contributed by atoms with van der Waals surface area (Å²) in [4.78, 5) is 14.9. The zero-order valence-corrected chi connectivity index (χ0v) is 14.5. The van der Waals surface area contributed by atoms with E-state index in [1.54, 1.807) is 11.3 Å². The van der Waals surface area contributed by atoms with Crippen molar-refractivity contribution >= 4 is 27.5 Å². The Kier molecular flexibility index (Phi) is 4.12. The van der Waals surface area contributed by atoms with Gasteiger partial charge in [0.1, 0.15) is 5.69 Å². The summed E-state index contributed by atoms with van der Waals surface area (Å²) in [5, 5.41) is 2.08. The fourth-order valence-electron chi connectivity index (χ4n) is 3.25. The number of benzene rings is 1. The van der Waals surface area contributed by atoms with Gasteiger partial charge in [-0.2, -0.15) is 0 Å². The van der Waals surface area contributed by atoms with Crippen molar-refractivity contribution in [2.24, 2.45) is 0 Å². The van der Waals surface area contributed by atoms with Crippen molar-refractivity contribution < 1.29 is 9.53 Å². The molecular formula is C19H20N2O2S. The first kappa shape index (κ1) is 15.4. The third-order valence-electron chi connectivity index (χ3n) is 4.46. The molecule has 1 aliphatic rings. The number of carbonyl (C=O) groups excluding carboxylic acids is 1. The highest BCUT2D eigenvalue weighted by Gasteiger charge is 2.23. The van der Waals surface area contributed by atoms with Crippen LogP contribution >= 0.6 is 11.3 Å². The number of hydrogen-bond donors (Lipinski definition) is 0. The maximum atomic E-state index is 13.0. The Morgan fingerprint density at radius 2 is 2.04 bits per heavy atom. The number of morpholine rings is 1. The van der Waals surface area contributed by atoms with E-state index in [0.717, 1.165) is 11.2 Å². The maximum Gasteiger partial charge on any atom is 0.270 e. The Morgan fingerprint density at radius 1 is 1.21 bits per heavy atom. The van der Waals surface area contributed by atoms with E-state index >= 15 is 0 Å². The molecule has 2 aromatic heterocycles. The van der Waals surface area contributed by atoms with Crippen molar-refractivity contribution in [1.29, 1.82) is 0 Å². The van der Waals surface area contributed by atoms with E-state index < -0.39 is 0 Å². The number of aromatic nitrogens is 1. The van der Waals surface area contributed by atoms with Crippen molar-refractivity contribution in [3.8, 4) is 0 Å². The van der Waals surface area contributed by atoms with Gasteiger partial charge in [0.15, 0.2) is 0 Å². The Bertz CT molecular complexity index is 875. The average Bonchev–Trinajstić information content (AvgIpc) is 3.18. The molecule has 1 fully saturated rings. The number of nitrogens with zero attached hydrogens (tertiary/aromatic N) is 2. The SMILES string of the molecule is Cc1cccc(Cn2c(C(=O)N3CCOCC3)cc3sccc32)c1. The fourth-order valence-corrected chi connectivity index (χ4v) is 4.07. The van der Waals surface area contributed by atoms with Crippen LogP contribution in [0.3, 0.4) is 0 Å². The van der Waals surface area contributed by atoms with Gasteiger partial charge in [-0.05, 0) is 30.0 Å². The van der Waals surface area contributed by atoms with E-state index in [-0.39, 0.29) is 5.91 Å². The molecule has 0 radical (unpaired) electrons. The number of fused-ring (bicyclic) bond motifs is 1. The van der Waals surface area contributed by atoms with Gasteiger partial charge in [0, 0.05) is 19.6 Å². The van der Waals surface area contributed by atoms with E-state index in [2.05, 4.69) is 47.2 Å². The molecular weight excluding hydrogens is 320 g/mol. The topological polar surface area (TPSA) is 34.5 Å². The van der Waals surface area contributed by atoms with Crippen LogP contribution in [0.5, 0.6) is 0 Å².